The number of rotatable bonds is 5. The average molecular weight is 284 g/mol. The number of amides is 1. The molecule has 0 spiro atoms. The lowest BCUT2D eigenvalue weighted by molar-refractivity contribution is 0.0768. The lowest BCUT2D eigenvalue weighted by Crippen LogP contribution is -2.31. The molecule has 0 aliphatic carbocycles. The maximum atomic E-state index is 12.2. The summed E-state index contributed by atoms with van der Waals surface area (Å²) in [6.07, 6.45) is 0. The van der Waals surface area contributed by atoms with Crippen molar-refractivity contribution in [2.45, 2.75) is 13.8 Å². The molecule has 2 rings (SSSR count). The summed E-state index contributed by atoms with van der Waals surface area (Å²) in [5, 5.41) is 0. The number of benzene rings is 1. The maximum absolute atomic E-state index is 12.2. The third kappa shape index (κ3) is 4.31. The molecular weight excluding hydrogens is 264 g/mol. The number of hydrogen-bond acceptors (Lipinski definition) is 3. The summed E-state index contributed by atoms with van der Waals surface area (Å²) in [6.45, 7) is 4.86. The van der Waals surface area contributed by atoms with E-state index in [4.69, 9.17) is 4.74 Å². The number of ether oxygens (including phenoxy) is 1. The van der Waals surface area contributed by atoms with Gasteiger partial charge in [-0.25, -0.2) is 4.98 Å². The first-order valence-corrected chi connectivity index (χ1v) is 6.95. The van der Waals surface area contributed by atoms with Gasteiger partial charge in [0.1, 0.15) is 18.1 Å². The van der Waals surface area contributed by atoms with E-state index in [1.165, 1.54) is 0 Å². The molecule has 4 nitrogen and oxygen atoms in total. The van der Waals surface area contributed by atoms with E-state index < -0.39 is 0 Å². The Hall–Kier alpha value is -2.36. The highest BCUT2D eigenvalue weighted by molar-refractivity contribution is 5.92. The van der Waals surface area contributed by atoms with E-state index in [-0.39, 0.29) is 5.91 Å². The number of aromatic nitrogens is 1. The smallest absolute Gasteiger partial charge is 0.272 e. The fourth-order valence-electron chi connectivity index (χ4n) is 1.96. The van der Waals surface area contributed by atoms with E-state index in [9.17, 15) is 4.79 Å². The molecule has 0 radical (unpaired) electrons. The zero-order chi connectivity index (χ0) is 15.2. The van der Waals surface area contributed by atoms with E-state index in [0.717, 1.165) is 17.0 Å². The third-order valence-electron chi connectivity index (χ3n) is 3.14. The van der Waals surface area contributed by atoms with Crippen molar-refractivity contribution in [3.05, 3.63) is 59.4 Å². The number of hydrogen-bond donors (Lipinski definition) is 0. The first kappa shape index (κ1) is 15.0. The van der Waals surface area contributed by atoms with Crippen molar-refractivity contribution in [1.82, 2.24) is 9.88 Å². The molecule has 0 unspecified atom stereocenters. The zero-order valence-electron chi connectivity index (χ0n) is 12.7. The van der Waals surface area contributed by atoms with Crippen LogP contribution in [0.25, 0.3) is 0 Å². The van der Waals surface area contributed by atoms with Crippen LogP contribution in [-0.2, 0) is 0 Å². The lowest BCUT2D eigenvalue weighted by atomic mass is 10.2. The number of aryl methyl sites for hydroxylation is 2. The fourth-order valence-corrected chi connectivity index (χ4v) is 1.96. The topological polar surface area (TPSA) is 42.4 Å². The molecule has 0 bridgehead atoms. The lowest BCUT2D eigenvalue weighted by Gasteiger charge is -2.17. The highest BCUT2D eigenvalue weighted by Crippen LogP contribution is 2.12. The molecule has 4 heteroatoms. The Morgan fingerprint density at radius 3 is 2.67 bits per heavy atom. The molecule has 0 N–H and O–H groups in total. The van der Waals surface area contributed by atoms with Crippen LogP contribution in [0.4, 0.5) is 0 Å². The molecule has 0 aliphatic rings. The van der Waals surface area contributed by atoms with Gasteiger partial charge in [0.05, 0.1) is 6.54 Å². The molecule has 1 aromatic carbocycles. The minimum absolute atomic E-state index is 0.0912. The monoisotopic (exact) mass is 284 g/mol. The van der Waals surface area contributed by atoms with Crippen LogP contribution in [0.15, 0.2) is 42.5 Å². The van der Waals surface area contributed by atoms with Crippen LogP contribution in [0.2, 0.25) is 0 Å². The van der Waals surface area contributed by atoms with Crippen molar-refractivity contribution in [2.75, 3.05) is 20.2 Å². The first-order valence-electron chi connectivity index (χ1n) is 6.95. The largest absolute Gasteiger partial charge is 0.492 e. The van der Waals surface area contributed by atoms with Gasteiger partial charge in [-0.05, 0) is 43.7 Å². The van der Waals surface area contributed by atoms with Gasteiger partial charge in [-0.2, -0.15) is 0 Å². The summed E-state index contributed by atoms with van der Waals surface area (Å²) >= 11 is 0. The van der Waals surface area contributed by atoms with Crippen LogP contribution in [0.1, 0.15) is 21.7 Å². The summed E-state index contributed by atoms with van der Waals surface area (Å²) in [4.78, 5) is 18.1. The van der Waals surface area contributed by atoms with E-state index in [2.05, 4.69) is 4.98 Å². The Bertz CT molecular complexity index is 626. The molecule has 21 heavy (non-hydrogen) atoms. The van der Waals surface area contributed by atoms with Crippen molar-refractivity contribution in [3.63, 3.8) is 0 Å². The molecule has 0 saturated carbocycles. The number of pyridine rings is 1. The molecule has 1 heterocycles. The van der Waals surface area contributed by atoms with Crippen molar-refractivity contribution < 1.29 is 9.53 Å². The van der Waals surface area contributed by atoms with E-state index in [1.807, 2.05) is 50.2 Å². The summed E-state index contributed by atoms with van der Waals surface area (Å²) in [7, 11) is 1.76. The minimum Gasteiger partial charge on any atom is -0.492 e. The van der Waals surface area contributed by atoms with Crippen LogP contribution < -0.4 is 4.74 Å². The van der Waals surface area contributed by atoms with Crippen LogP contribution in [0.5, 0.6) is 5.75 Å². The van der Waals surface area contributed by atoms with E-state index >= 15 is 0 Å². The van der Waals surface area contributed by atoms with Gasteiger partial charge in [-0.1, -0.05) is 18.2 Å². The zero-order valence-corrected chi connectivity index (χ0v) is 12.7. The minimum atomic E-state index is -0.0912. The fraction of sp³-hybridized carbons (Fsp3) is 0.294. The molecule has 0 saturated heterocycles. The highest BCUT2D eigenvalue weighted by atomic mass is 16.5. The van der Waals surface area contributed by atoms with E-state index in [1.54, 1.807) is 18.0 Å². The van der Waals surface area contributed by atoms with Gasteiger partial charge < -0.3 is 9.64 Å². The van der Waals surface area contributed by atoms with Crippen LogP contribution in [0.3, 0.4) is 0 Å². The summed E-state index contributed by atoms with van der Waals surface area (Å²) < 4.78 is 5.65. The molecule has 0 aliphatic heterocycles. The Kier molecular flexibility index (Phi) is 4.93. The van der Waals surface area contributed by atoms with Crippen LogP contribution >= 0.6 is 0 Å². The van der Waals surface area contributed by atoms with Gasteiger partial charge in [-0.15, -0.1) is 0 Å². The van der Waals surface area contributed by atoms with Crippen molar-refractivity contribution >= 4 is 5.91 Å². The second-order valence-electron chi connectivity index (χ2n) is 5.06. The van der Waals surface area contributed by atoms with Crippen molar-refractivity contribution in [1.29, 1.82) is 0 Å². The number of likely N-dealkylation sites (N-methyl/N-ethyl adjacent to an activating group) is 1. The Morgan fingerprint density at radius 1 is 1.19 bits per heavy atom. The van der Waals surface area contributed by atoms with Gasteiger partial charge in [0.2, 0.25) is 0 Å². The maximum Gasteiger partial charge on any atom is 0.272 e. The molecule has 1 amide bonds. The molecular formula is C17H20N2O2. The van der Waals surface area contributed by atoms with Gasteiger partial charge in [0.25, 0.3) is 5.91 Å². The predicted octanol–water partition coefficient (Wildman–Crippen LogP) is 2.85. The van der Waals surface area contributed by atoms with Gasteiger partial charge >= 0.3 is 0 Å². The molecule has 1 aromatic heterocycles. The normalized spacial score (nSPS) is 10.2. The second kappa shape index (κ2) is 6.88. The quantitative estimate of drug-likeness (QED) is 0.848. The number of carbonyl (C=O) groups is 1. The van der Waals surface area contributed by atoms with Gasteiger partial charge in [-0.3, -0.25) is 4.79 Å². The molecule has 2 aromatic rings. The average Bonchev–Trinajstić information content (AvgIpc) is 2.46. The highest BCUT2D eigenvalue weighted by Gasteiger charge is 2.12. The third-order valence-corrected chi connectivity index (χ3v) is 3.14. The van der Waals surface area contributed by atoms with Gasteiger partial charge in [0.15, 0.2) is 0 Å². The second-order valence-corrected chi connectivity index (χ2v) is 5.06. The van der Waals surface area contributed by atoms with Gasteiger partial charge in [0, 0.05) is 12.7 Å². The van der Waals surface area contributed by atoms with Crippen LogP contribution in [-0.4, -0.2) is 36.0 Å². The summed E-state index contributed by atoms with van der Waals surface area (Å²) in [5.41, 5.74) is 2.46. The van der Waals surface area contributed by atoms with Crippen molar-refractivity contribution in [3.8, 4) is 5.75 Å². The first-order chi connectivity index (χ1) is 10.1. The Morgan fingerprint density at radius 2 is 1.95 bits per heavy atom. The molecule has 0 fully saturated rings. The molecule has 0 atom stereocenters. The SMILES string of the molecule is Cc1cccc(OCCN(C)C(=O)c2cccc(C)n2)c1. The predicted molar refractivity (Wildman–Crippen MR) is 82.6 cm³/mol. The standard InChI is InChI=1S/C17H20N2O2/c1-13-6-4-8-15(12-13)21-11-10-19(3)17(20)16-9-5-7-14(2)18-16/h4-9,12H,10-11H2,1-3H3. The summed E-state index contributed by atoms with van der Waals surface area (Å²) in [6, 6.07) is 13.3. The van der Waals surface area contributed by atoms with E-state index in [0.29, 0.717) is 18.8 Å². The summed E-state index contributed by atoms with van der Waals surface area (Å²) in [5.74, 6) is 0.732. The number of nitrogens with zero attached hydrogens (tertiary/aromatic N) is 2. The Labute approximate surface area is 125 Å². The molecule has 110 valence electrons. The number of carbonyl (C=O) groups excluding carboxylic acids is 1. The van der Waals surface area contributed by atoms with Crippen LogP contribution in [0, 0.1) is 13.8 Å². The van der Waals surface area contributed by atoms with Crippen molar-refractivity contribution in [2.24, 2.45) is 0 Å². The Balaban J connectivity index is 1.87.